The topological polar surface area (TPSA) is 37.8 Å². The van der Waals surface area contributed by atoms with Crippen LogP contribution in [0.15, 0.2) is 18.2 Å². The van der Waals surface area contributed by atoms with Gasteiger partial charge in [0.25, 0.3) is 0 Å². The second kappa shape index (κ2) is 7.29. The Bertz CT molecular complexity index is 600. The van der Waals surface area contributed by atoms with Crippen LogP contribution in [0, 0.1) is 5.82 Å². The standard InChI is InChI=1S/C15H19ClFN3S/c1-4-7-18-14(11-6-5-10(16)8-12(11)17)15-13(9(2)3)19-20-21-15/h5-6,8-9,14,18H,4,7H2,1-3H3. The maximum atomic E-state index is 14.3. The number of halogens is 2. The molecule has 2 aromatic rings. The van der Waals surface area contributed by atoms with Gasteiger partial charge in [0.2, 0.25) is 0 Å². The predicted molar refractivity (Wildman–Crippen MR) is 85.5 cm³/mol. The molecule has 2 rings (SSSR count). The van der Waals surface area contributed by atoms with Gasteiger partial charge in [-0.2, -0.15) is 0 Å². The van der Waals surface area contributed by atoms with Crippen molar-refractivity contribution in [2.75, 3.05) is 6.54 Å². The van der Waals surface area contributed by atoms with E-state index in [0.717, 1.165) is 23.5 Å². The molecule has 0 saturated carbocycles. The van der Waals surface area contributed by atoms with Gasteiger partial charge in [-0.15, -0.1) is 5.10 Å². The van der Waals surface area contributed by atoms with Crippen LogP contribution in [0.1, 0.15) is 55.3 Å². The number of hydrogen-bond acceptors (Lipinski definition) is 4. The fourth-order valence-electron chi connectivity index (χ4n) is 2.17. The monoisotopic (exact) mass is 327 g/mol. The zero-order valence-corrected chi connectivity index (χ0v) is 13.9. The Hall–Kier alpha value is -1.04. The van der Waals surface area contributed by atoms with Gasteiger partial charge in [0.1, 0.15) is 5.82 Å². The van der Waals surface area contributed by atoms with Crippen molar-refractivity contribution in [2.45, 2.75) is 39.2 Å². The van der Waals surface area contributed by atoms with Crippen LogP contribution in [-0.4, -0.2) is 16.1 Å². The van der Waals surface area contributed by atoms with Crippen LogP contribution in [-0.2, 0) is 0 Å². The first-order chi connectivity index (χ1) is 10.0. The Morgan fingerprint density at radius 2 is 2.14 bits per heavy atom. The Kier molecular flexibility index (Phi) is 5.67. The lowest BCUT2D eigenvalue weighted by atomic mass is 9.99. The van der Waals surface area contributed by atoms with Gasteiger partial charge in [-0.3, -0.25) is 0 Å². The summed E-state index contributed by atoms with van der Waals surface area (Å²) in [5.74, 6) is -0.0563. The van der Waals surface area contributed by atoms with Crippen LogP contribution >= 0.6 is 23.1 Å². The van der Waals surface area contributed by atoms with Crippen molar-refractivity contribution in [3.05, 3.63) is 45.2 Å². The minimum Gasteiger partial charge on any atom is -0.305 e. The molecule has 0 aliphatic carbocycles. The number of rotatable bonds is 6. The molecule has 0 radical (unpaired) electrons. The highest BCUT2D eigenvalue weighted by molar-refractivity contribution is 7.05. The number of nitrogens with one attached hydrogen (secondary N) is 1. The highest BCUT2D eigenvalue weighted by atomic mass is 35.5. The zero-order chi connectivity index (χ0) is 15.4. The van der Waals surface area contributed by atoms with Gasteiger partial charge in [-0.25, -0.2) is 4.39 Å². The lowest BCUT2D eigenvalue weighted by Gasteiger charge is -2.20. The van der Waals surface area contributed by atoms with E-state index in [1.54, 1.807) is 12.1 Å². The summed E-state index contributed by atoms with van der Waals surface area (Å²) in [5.41, 5.74) is 1.50. The van der Waals surface area contributed by atoms with E-state index in [4.69, 9.17) is 11.6 Å². The first-order valence-corrected chi connectivity index (χ1v) is 8.20. The van der Waals surface area contributed by atoms with Gasteiger partial charge < -0.3 is 5.32 Å². The molecule has 1 aromatic heterocycles. The zero-order valence-electron chi connectivity index (χ0n) is 12.4. The summed E-state index contributed by atoms with van der Waals surface area (Å²) in [6.45, 7) is 7.00. The number of nitrogens with zero attached hydrogens (tertiary/aromatic N) is 2. The SMILES string of the molecule is CCCNC(c1ccc(Cl)cc1F)c1snnc1C(C)C. The number of benzene rings is 1. The third kappa shape index (κ3) is 3.78. The van der Waals surface area contributed by atoms with Crippen molar-refractivity contribution >= 4 is 23.1 Å². The summed E-state index contributed by atoms with van der Waals surface area (Å²) < 4.78 is 18.3. The van der Waals surface area contributed by atoms with E-state index in [1.807, 2.05) is 0 Å². The molecule has 1 heterocycles. The maximum absolute atomic E-state index is 14.3. The molecule has 21 heavy (non-hydrogen) atoms. The molecule has 3 nitrogen and oxygen atoms in total. The van der Waals surface area contributed by atoms with Crippen molar-refractivity contribution in [1.82, 2.24) is 14.9 Å². The average molecular weight is 328 g/mol. The van der Waals surface area contributed by atoms with Crippen molar-refractivity contribution in [1.29, 1.82) is 0 Å². The fraction of sp³-hybridized carbons (Fsp3) is 0.467. The number of aromatic nitrogens is 2. The van der Waals surface area contributed by atoms with Gasteiger partial charge >= 0.3 is 0 Å². The van der Waals surface area contributed by atoms with E-state index in [9.17, 15) is 4.39 Å². The molecule has 6 heteroatoms. The van der Waals surface area contributed by atoms with Gasteiger partial charge in [-0.1, -0.05) is 42.9 Å². The Balaban J connectivity index is 2.44. The van der Waals surface area contributed by atoms with E-state index in [-0.39, 0.29) is 17.8 Å². The van der Waals surface area contributed by atoms with E-state index in [1.165, 1.54) is 17.6 Å². The smallest absolute Gasteiger partial charge is 0.129 e. The van der Waals surface area contributed by atoms with Crippen LogP contribution in [0.5, 0.6) is 0 Å². The van der Waals surface area contributed by atoms with Crippen LogP contribution in [0.3, 0.4) is 0 Å². The Morgan fingerprint density at radius 1 is 1.38 bits per heavy atom. The predicted octanol–water partition coefficient (Wildman–Crippen LogP) is 4.54. The van der Waals surface area contributed by atoms with Gasteiger partial charge in [0.15, 0.2) is 0 Å². The first-order valence-electron chi connectivity index (χ1n) is 7.05. The molecule has 114 valence electrons. The van der Waals surface area contributed by atoms with Crippen molar-refractivity contribution in [3.8, 4) is 0 Å². The van der Waals surface area contributed by atoms with Crippen LogP contribution in [0.4, 0.5) is 4.39 Å². The number of hydrogen-bond donors (Lipinski definition) is 1. The van der Waals surface area contributed by atoms with Crippen molar-refractivity contribution in [3.63, 3.8) is 0 Å². The molecule has 1 N–H and O–H groups in total. The summed E-state index contributed by atoms with van der Waals surface area (Å²) >= 11 is 7.17. The fourth-order valence-corrected chi connectivity index (χ4v) is 3.23. The normalized spacial score (nSPS) is 12.9. The minimum atomic E-state index is -0.306. The van der Waals surface area contributed by atoms with Crippen LogP contribution in [0.25, 0.3) is 0 Å². The summed E-state index contributed by atoms with van der Waals surface area (Å²) in [6.07, 6.45) is 0.967. The van der Waals surface area contributed by atoms with Gasteiger partial charge in [0, 0.05) is 10.6 Å². The Morgan fingerprint density at radius 3 is 2.76 bits per heavy atom. The molecule has 0 bridgehead atoms. The van der Waals surface area contributed by atoms with E-state index < -0.39 is 0 Å². The van der Waals surface area contributed by atoms with E-state index in [0.29, 0.717) is 10.6 Å². The molecular formula is C15H19ClFN3S. The summed E-state index contributed by atoms with van der Waals surface area (Å²) in [5, 5.41) is 7.99. The quantitative estimate of drug-likeness (QED) is 0.846. The molecule has 0 spiro atoms. The summed E-state index contributed by atoms with van der Waals surface area (Å²) in [6, 6.07) is 4.56. The molecule has 0 aliphatic heterocycles. The molecule has 0 aliphatic rings. The molecule has 1 aromatic carbocycles. The van der Waals surface area contributed by atoms with Crippen LogP contribution < -0.4 is 5.32 Å². The van der Waals surface area contributed by atoms with Crippen molar-refractivity contribution < 1.29 is 4.39 Å². The third-order valence-corrected chi connectivity index (χ3v) is 4.26. The maximum Gasteiger partial charge on any atom is 0.129 e. The van der Waals surface area contributed by atoms with E-state index in [2.05, 4.69) is 35.7 Å². The average Bonchev–Trinajstić information content (AvgIpc) is 2.90. The first kappa shape index (κ1) is 16.3. The lowest BCUT2D eigenvalue weighted by molar-refractivity contribution is 0.546. The van der Waals surface area contributed by atoms with Gasteiger partial charge in [-0.05, 0) is 42.5 Å². The van der Waals surface area contributed by atoms with Crippen molar-refractivity contribution in [2.24, 2.45) is 0 Å². The molecule has 0 fully saturated rings. The molecule has 0 saturated heterocycles. The van der Waals surface area contributed by atoms with Crippen LogP contribution in [0.2, 0.25) is 5.02 Å². The molecule has 1 unspecified atom stereocenters. The second-order valence-corrected chi connectivity index (χ2v) is 6.45. The van der Waals surface area contributed by atoms with E-state index >= 15 is 0 Å². The molecule has 1 atom stereocenters. The highest BCUT2D eigenvalue weighted by Crippen LogP contribution is 2.32. The molecule has 0 amide bonds. The lowest BCUT2D eigenvalue weighted by Crippen LogP contribution is -2.24. The summed E-state index contributed by atoms with van der Waals surface area (Å²) in [4.78, 5) is 0.972. The second-order valence-electron chi connectivity index (χ2n) is 5.23. The molecular weight excluding hydrogens is 309 g/mol. The third-order valence-electron chi connectivity index (χ3n) is 3.22. The Labute approximate surface area is 133 Å². The minimum absolute atomic E-state index is 0.236. The summed E-state index contributed by atoms with van der Waals surface area (Å²) in [7, 11) is 0. The largest absolute Gasteiger partial charge is 0.305 e. The van der Waals surface area contributed by atoms with Gasteiger partial charge in [0.05, 0.1) is 16.6 Å². The highest BCUT2D eigenvalue weighted by Gasteiger charge is 2.24.